The molecule has 0 aliphatic carbocycles. The summed E-state index contributed by atoms with van der Waals surface area (Å²) in [6.45, 7) is 1.87. The summed E-state index contributed by atoms with van der Waals surface area (Å²) in [4.78, 5) is 17.5. The van der Waals surface area contributed by atoms with Crippen LogP contribution in [0.3, 0.4) is 0 Å². The number of benzene rings is 3. The highest BCUT2D eigenvalue weighted by Crippen LogP contribution is 2.41. The van der Waals surface area contributed by atoms with Crippen molar-refractivity contribution in [3.8, 4) is 34.1 Å². The summed E-state index contributed by atoms with van der Waals surface area (Å²) >= 11 is 0. The molecule has 0 aliphatic heterocycles. The van der Waals surface area contributed by atoms with Gasteiger partial charge in [-0.1, -0.05) is 78.9 Å². The average Bonchev–Trinajstić information content (AvgIpc) is 3.15. The standard InChI is InChI=1S/C28H19N3O2/c1-18-22(17-29)26-27(31(18)21-15-9-4-10-16-21)23(19-11-5-2-6-12-19)24(28(32)33)25(30-26)20-13-7-3-8-14-20/h2-16H,1H3,(H,32,33). The lowest BCUT2D eigenvalue weighted by Gasteiger charge is -2.16. The van der Waals surface area contributed by atoms with Gasteiger partial charge in [-0.25, -0.2) is 9.78 Å². The number of aromatic nitrogens is 2. The lowest BCUT2D eigenvalue weighted by molar-refractivity contribution is 0.0698. The van der Waals surface area contributed by atoms with E-state index in [1.165, 1.54) is 0 Å². The fourth-order valence-corrected chi connectivity index (χ4v) is 4.35. The molecule has 0 bridgehead atoms. The van der Waals surface area contributed by atoms with Crippen LogP contribution < -0.4 is 0 Å². The van der Waals surface area contributed by atoms with Crippen LogP contribution in [0.5, 0.6) is 0 Å². The Bertz CT molecular complexity index is 1530. The Balaban J connectivity index is 2.06. The highest BCUT2D eigenvalue weighted by Gasteiger charge is 2.28. The summed E-state index contributed by atoms with van der Waals surface area (Å²) in [5.74, 6) is -1.07. The highest BCUT2D eigenvalue weighted by atomic mass is 16.4. The van der Waals surface area contributed by atoms with Crippen molar-refractivity contribution in [1.82, 2.24) is 9.55 Å². The molecule has 0 amide bonds. The van der Waals surface area contributed by atoms with Crippen molar-refractivity contribution in [2.24, 2.45) is 0 Å². The molecule has 5 heteroatoms. The first kappa shape index (κ1) is 20.2. The maximum Gasteiger partial charge on any atom is 0.338 e. The van der Waals surface area contributed by atoms with Crippen molar-refractivity contribution in [3.63, 3.8) is 0 Å². The van der Waals surface area contributed by atoms with Crippen LogP contribution in [0.25, 0.3) is 39.1 Å². The molecule has 3 aromatic carbocycles. The molecule has 0 saturated carbocycles. The Kier molecular flexibility index (Phi) is 4.96. The van der Waals surface area contributed by atoms with Gasteiger partial charge in [0.15, 0.2) is 0 Å². The van der Waals surface area contributed by atoms with Crippen molar-refractivity contribution in [2.75, 3.05) is 0 Å². The van der Waals surface area contributed by atoms with E-state index in [4.69, 9.17) is 4.98 Å². The summed E-state index contributed by atoms with van der Waals surface area (Å²) in [7, 11) is 0. The number of hydrogen-bond donors (Lipinski definition) is 1. The van der Waals surface area contributed by atoms with Crippen molar-refractivity contribution in [3.05, 3.63) is 108 Å². The van der Waals surface area contributed by atoms with Crippen LogP contribution in [0.4, 0.5) is 0 Å². The molecular weight excluding hydrogens is 410 g/mol. The second kappa shape index (κ2) is 8.10. The minimum atomic E-state index is -1.07. The summed E-state index contributed by atoms with van der Waals surface area (Å²) in [6.07, 6.45) is 0. The molecule has 2 aromatic heterocycles. The number of carboxylic acid groups (broad SMARTS) is 1. The fourth-order valence-electron chi connectivity index (χ4n) is 4.35. The van der Waals surface area contributed by atoms with E-state index in [2.05, 4.69) is 6.07 Å². The zero-order chi connectivity index (χ0) is 22.9. The van der Waals surface area contributed by atoms with E-state index in [1.54, 1.807) is 0 Å². The van der Waals surface area contributed by atoms with E-state index < -0.39 is 5.97 Å². The number of carboxylic acids is 1. The summed E-state index contributed by atoms with van der Waals surface area (Å²) in [5, 5.41) is 20.5. The molecule has 5 nitrogen and oxygen atoms in total. The summed E-state index contributed by atoms with van der Waals surface area (Å²) in [6, 6.07) is 30.6. The molecule has 1 N–H and O–H groups in total. The van der Waals surface area contributed by atoms with Gasteiger partial charge in [0.2, 0.25) is 0 Å². The molecule has 2 heterocycles. The van der Waals surface area contributed by atoms with Gasteiger partial charge in [-0.15, -0.1) is 0 Å². The molecule has 33 heavy (non-hydrogen) atoms. The zero-order valence-electron chi connectivity index (χ0n) is 17.9. The van der Waals surface area contributed by atoms with Crippen LogP contribution in [0, 0.1) is 18.3 Å². The Labute approximate surface area is 190 Å². The first-order chi connectivity index (χ1) is 16.1. The first-order valence-corrected chi connectivity index (χ1v) is 10.5. The van der Waals surface area contributed by atoms with Gasteiger partial charge in [0, 0.05) is 22.5 Å². The summed E-state index contributed by atoms with van der Waals surface area (Å²) in [5.41, 5.74) is 5.51. The van der Waals surface area contributed by atoms with Gasteiger partial charge in [0.1, 0.15) is 11.6 Å². The normalized spacial score (nSPS) is 10.8. The van der Waals surface area contributed by atoms with Crippen molar-refractivity contribution in [2.45, 2.75) is 6.92 Å². The molecule has 0 fully saturated rings. The third kappa shape index (κ3) is 3.26. The van der Waals surface area contributed by atoms with Crippen molar-refractivity contribution in [1.29, 1.82) is 5.26 Å². The number of para-hydroxylation sites is 1. The van der Waals surface area contributed by atoms with Gasteiger partial charge in [0.05, 0.1) is 22.3 Å². The van der Waals surface area contributed by atoms with E-state index in [9.17, 15) is 15.2 Å². The molecule has 0 aliphatic rings. The molecule has 158 valence electrons. The van der Waals surface area contributed by atoms with Gasteiger partial charge in [0.25, 0.3) is 0 Å². The topological polar surface area (TPSA) is 78.9 Å². The average molecular weight is 429 g/mol. The van der Waals surface area contributed by atoms with Crippen LogP contribution in [-0.2, 0) is 0 Å². The maximum atomic E-state index is 12.7. The van der Waals surface area contributed by atoms with Crippen molar-refractivity contribution < 1.29 is 9.90 Å². The van der Waals surface area contributed by atoms with E-state index in [0.717, 1.165) is 11.3 Å². The SMILES string of the molecule is Cc1c(C#N)c2nc(-c3ccccc3)c(C(=O)O)c(-c3ccccc3)c2n1-c1ccccc1. The Morgan fingerprint density at radius 2 is 1.42 bits per heavy atom. The number of nitriles is 1. The van der Waals surface area contributed by atoms with Gasteiger partial charge >= 0.3 is 5.97 Å². The van der Waals surface area contributed by atoms with Gasteiger partial charge < -0.3 is 9.67 Å². The van der Waals surface area contributed by atoms with E-state index in [0.29, 0.717) is 39.1 Å². The quantitative estimate of drug-likeness (QED) is 0.367. The number of nitrogens with zero attached hydrogens (tertiary/aromatic N) is 3. The molecule has 0 atom stereocenters. The van der Waals surface area contributed by atoms with E-state index in [-0.39, 0.29) is 5.56 Å². The van der Waals surface area contributed by atoms with Gasteiger partial charge in [-0.05, 0) is 24.6 Å². The largest absolute Gasteiger partial charge is 0.478 e. The minimum absolute atomic E-state index is 0.110. The Morgan fingerprint density at radius 1 is 0.879 bits per heavy atom. The highest BCUT2D eigenvalue weighted by molar-refractivity contribution is 6.11. The third-order valence-electron chi connectivity index (χ3n) is 5.78. The lowest BCUT2D eigenvalue weighted by Crippen LogP contribution is -2.08. The number of fused-ring (bicyclic) bond motifs is 1. The van der Waals surface area contributed by atoms with Gasteiger partial charge in [-0.3, -0.25) is 0 Å². The Morgan fingerprint density at radius 3 is 1.97 bits per heavy atom. The predicted molar refractivity (Wildman–Crippen MR) is 128 cm³/mol. The summed E-state index contributed by atoms with van der Waals surface area (Å²) < 4.78 is 1.93. The van der Waals surface area contributed by atoms with Crippen LogP contribution in [0.15, 0.2) is 91.0 Å². The molecule has 0 radical (unpaired) electrons. The lowest BCUT2D eigenvalue weighted by atomic mass is 9.94. The fraction of sp³-hybridized carbons (Fsp3) is 0.0357. The minimum Gasteiger partial charge on any atom is -0.478 e. The van der Waals surface area contributed by atoms with Crippen molar-refractivity contribution >= 4 is 17.0 Å². The molecule has 0 spiro atoms. The van der Waals surface area contributed by atoms with Crippen LogP contribution >= 0.6 is 0 Å². The van der Waals surface area contributed by atoms with E-state index >= 15 is 0 Å². The smallest absolute Gasteiger partial charge is 0.338 e. The molecular formula is C28H19N3O2. The monoisotopic (exact) mass is 429 g/mol. The number of aromatic carboxylic acids is 1. The zero-order valence-corrected chi connectivity index (χ0v) is 17.9. The second-order valence-electron chi connectivity index (χ2n) is 7.69. The number of carbonyl (C=O) groups is 1. The molecule has 5 aromatic rings. The van der Waals surface area contributed by atoms with Crippen LogP contribution in [0.1, 0.15) is 21.6 Å². The molecule has 0 saturated heterocycles. The van der Waals surface area contributed by atoms with Crippen LogP contribution in [0.2, 0.25) is 0 Å². The molecule has 0 unspecified atom stereocenters. The third-order valence-corrected chi connectivity index (χ3v) is 5.78. The second-order valence-corrected chi connectivity index (χ2v) is 7.69. The van der Waals surface area contributed by atoms with E-state index in [1.807, 2.05) is 102 Å². The number of rotatable bonds is 4. The Hall–Kier alpha value is -4.69. The van der Waals surface area contributed by atoms with Crippen LogP contribution in [-0.4, -0.2) is 20.6 Å². The predicted octanol–water partition coefficient (Wildman–Crippen LogP) is 6.24. The number of hydrogen-bond acceptors (Lipinski definition) is 3. The number of pyridine rings is 1. The first-order valence-electron chi connectivity index (χ1n) is 10.5. The van der Waals surface area contributed by atoms with Gasteiger partial charge in [-0.2, -0.15) is 5.26 Å². The molecule has 5 rings (SSSR count). The maximum absolute atomic E-state index is 12.7.